The molecule has 1 amide bonds. The highest BCUT2D eigenvalue weighted by atomic mass is 32.2. The Labute approximate surface area is 127 Å². The van der Waals surface area contributed by atoms with Gasteiger partial charge in [-0.15, -0.1) is 0 Å². The number of nitrogens with zero attached hydrogens (tertiary/aromatic N) is 3. The highest BCUT2D eigenvalue weighted by molar-refractivity contribution is 7.92. The molecule has 0 atom stereocenters. The van der Waals surface area contributed by atoms with Crippen LogP contribution in [0.2, 0.25) is 0 Å². The molecule has 1 aliphatic rings. The molecule has 0 spiro atoms. The number of carbonyl (C=O) groups excluding carboxylic acids is 1. The molecule has 2 heterocycles. The number of benzene rings is 1. The van der Waals surface area contributed by atoms with Gasteiger partial charge in [-0.2, -0.15) is 8.42 Å². The number of phenols is 1. The van der Waals surface area contributed by atoms with Gasteiger partial charge in [0, 0.05) is 18.9 Å². The summed E-state index contributed by atoms with van der Waals surface area (Å²) < 4.78 is 28.1. The zero-order chi connectivity index (χ0) is 15.7. The number of hydrogen-bond acceptors (Lipinski definition) is 5. The Morgan fingerprint density at radius 2 is 2.18 bits per heavy atom. The smallest absolute Gasteiger partial charge is 0.326 e. The molecule has 1 fully saturated rings. The number of amides is 1. The average Bonchev–Trinajstić information content (AvgIpc) is 3.04. The van der Waals surface area contributed by atoms with E-state index in [1.807, 2.05) is 15.5 Å². The van der Waals surface area contributed by atoms with Crippen LogP contribution in [0.4, 0.5) is 5.69 Å². The van der Waals surface area contributed by atoms with Crippen molar-refractivity contribution in [1.82, 2.24) is 14.3 Å². The fraction of sp³-hybridized carbons (Fsp3) is 0.231. The Morgan fingerprint density at radius 1 is 1.36 bits per heavy atom. The molecule has 0 aliphatic carbocycles. The largest absolute Gasteiger partial charge is 0.506 e. The second-order valence-corrected chi connectivity index (χ2v) is 6.51. The number of nitrogens with one attached hydrogen (secondary N) is 1. The van der Waals surface area contributed by atoms with Gasteiger partial charge in [0.25, 0.3) is 5.91 Å². The number of hydrogen-bond donors (Lipinski definition) is 2. The molecule has 0 saturated carbocycles. The molecule has 1 aromatic heterocycles. The van der Waals surface area contributed by atoms with E-state index in [4.69, 9.17) is 0 Å². The van der Waals surface area contributed by atoms with E-state index in [9.17, 15) is 18.3 Å². The van der Waals surface area contributed by atoms with E-state index < -0.39 is 16.1 Å². The minimum atomic E-state index is -3.91. The fourth-order valence-corrected chi connectivity index (χ4v) is 3.44. The number of aromatic nitrogens is 2. The molecule has 1 saturated heterocycles. The maximum Gasteiger partial charge on any atom is 0.326 e. The SMILES string of the molecule is O=C1CN(c2ccc(CCn3ccnc3)cc2O)S(=O)(=O)N1. The van der Waals surface area contributed by atoms with Crippen molar-refractivity contribution < 1.29 is 18.3 Å². The number of phenolic OH excluding ortho intramolecular Hbond substituents is 1. The minimum Gasteiger partial charge on any atom is -0.506 e. The van der Waals surface area contributed by atoms with Crippen molar-refractivity contribution in [3.63, 3.8) is 0 Å². The van der Waals surface area contributed by atoms with Crippen LogP contribution in [0.3, 0.4) is 0 Å². The number of rotatable bonds is 4. The van der Waals surface area contributed by atoms with E-state index in [2.05, 4.69) is 4.98 Å². The first-order valence-corrected chi connectivity index (χ1v) is 8.01. The quantitative estimate of drug-likeness (QED) is 0.825. The maximum atomic E-state index is 11.8. The summed E-state index contributed by atoms with van der Waals surface area (Å²) in [6.45, 7) is 0.366. The molecule has 2 N–H and O–H groups in total. The molecule has 1 aliphatic heterocycles. The highest BCUT2D eigenvalue weighted by Crippen LogP contribution is 2.31. The van der Waals surface area contributed by atoms with Crippen LogP contribution < -0.4 is 9.03 Å². The van der Waals surface area contributed by atoms with E-state index in [0.29, 0.717) is 13.0 Å². The molecule has 0 unspecified atom stereocenters. The lowest BCUT2D eigenvalue weighted by Gasteiger charge is -2.16. The Kier molecular flexibility index (Phi) is 3.49. The summed E-state index contributed by atoms with van der Waals surface area (Å²) in [4.78, 5) is 15.2. The van der Waals surface area contributed by atoms with Gasteiger partial charge < -0.3 is 9.67 Å². The minimum absolute atomic E-state index is 0.0877. The summed E-state index contributed by atoms with van der Waals surface area (Å²) in [5, 5.41) is 10.1. The van der Waals surface area contributed by atoms with E-state index in [1.165, 1.54) is 12.1 Å². The molecule has 1 aromatic carbocycles. The van der Waals surface area contributed by atoms with Crippen LogP contribution in [0.5, 0.6) is 5.75 Å². The lowest BCUT2D eigenvalue weighted by Crippen LogP contribution is -2.29. The van der Waals surface area contributed by atoms with Crippen molar-refractivity contribution in [1.29, 1.82) is 0 Å². The molecule has 3 rings (SSSR count). The normalized spacial score (nSPS) is 16.7. The number of aryl methyl sites for hydroxylation is 2. The van der Waals surface area contributed by atoms with Gasteiger partial charge in [-0.05, 0) is 24.1 Å². The van der Waals surface area contributed by atoms with Crippen LogP contribution in [0, 0.1) is 0 Å². The summed E-state index contributed by atoms with van der Waals surface area (Å²) in [6.07, 6.45) is 5.88. The van der Waals surface area contributed by atoms with Crippen LogP contribution in [0.1, 0.15) is 5.56 Å². The monoisotopic (exact) mass is 322 g/mol. The first kappa shape index (κ1) is 14.4. The second kappa shape index (κ2) is 5.34. The summed E-state index contributed by atoms with van der Waals surface area (Å²) in [5.41, 5.74) is 0.940. The maximum absolute atomic E-state index is 11.8. The average molecular weight is 322 g/mol. The van der Waals surface area contributed by atoms with Gasteiger partial charge >= 0.3 is 10.2 Å². The van der Waals surface area contributed by atoms with Crippen LogP contribution in [0.25, 0.3) is 0 Å². The van der Waals surface area contributed by atoms with E-state index >= 15 is 0 Å². The molecule has 116 valence electrons. The summed E-state index contributed by atoms with van der Waals surface area (Å²) >= 11 is 0. The fourth-order valence-electron chi connectivity index (χ4n) is 2.27. The van der Waals surface area contributed by atoms with Crippen molar-refractivity contribution in [2.45, 2.75) is 13.0 Å². The molecule has 0 radical (unpaired) electrons. The van der Waals surface area contributed by atoms with Crippen molar-refractivity contribution in [2.75, 3.05) is 10.8 Å². The molecular weight excluding hydrogens is 308 g/mol. The van der Waals surface area contributed by atoms with E-state index in [1.54, 1.807) is 18.6 Å². The lowest BCUT2D eigenvalue weighted by molar-refractivity contribution is -0.117. The Balaban J connectivity index is 1.79. The molecular formula is C13H14N4O4S. The van der Waals surface area contributed by atoms with Gasteiger partial charge in [-0.1, -0.05) is 6.07 Å². The third kappa shape index (κ3) is 2.75. The number of anilines is 1. The summed E-state index contributed by atoms with van der Waals surface area (Å²) in [6, 6.07) is 4.73. The first-order chi connectivity index (χ1) is 10.5. The van der Waals surface area contributed by atoms with Gasteiger partial charge in [-0.25, -0.2) is 14.0 Å². The van der Waals surface area contributed by atoms with Gasteiger partial charge in [0.1, 0.15) is 12.3 Å². The van der Waals surface area contributed by atoms with Crippen LogP contribution in [0.15, 0.2) is 36.9 Å². The van der Waals surface area contributed by atoms with E-state index in [-0.39, 0.29) is 18.0 Å². The lowest BCUT2D eigenvalue weighted by atomic mass is 10.1. The first-order valence-electron chi connectivity index (χ1n) is 6.57. The zero-order valence-electron chi connectivity index (χ0n) is 11.5. The predicted octanol–water partition coefficient (Wildman–Crippen LogP) is 0.0124. The number of imidazole rings is 1. The van der Waals surface area contributed by atoms with Gasteiger partial charge in [-0.3, -0.25) is 4.79 Å². The van der Waals surface area contributed by atoms with Crippen molar-refractivity contribution in [3.8, 4) is 5.75 Å². The van der Waals surface area contributed by atoms with E-state index in [0.717, 1.165) is 9.87 Å². The zero-order valence-corrected chi connectivity index (χ0v) is 12.3. The number of aromatic hydroxyl groups is 1. The molecule has 2 aromatic rings. The Morgan fingerprint density at radius 3 is 2.77 bits per heavy atom. The van der Waals surface area contributed by atoms with Crippen molar-refractivity contribution in [3.05, 3.63) is 42.5 Å². The highest BCUT2D eigenvalue weighted by Gasteiger charge is 2.35. The van der Waals surface area contributed by atoms with Crippen molar-refractivity contribution >= 4 is 21.8 Å². The molecule has 22 heavy (non-hydrogen) atoms. The van der Waals surface area contributed by atoms with Crippen LogP contribution in [-0.2, 0) is 28.0 Å². The molecule has 0 bridgehead atoms. The third-order valence-electron chi connectivity index (χ3n) is 3.35. The second-order valence-electron chi connectivity index (χ2n) is 4.91. The van der Waals surface area contributed by atoms with Gasteiger partial charge in [0.2, 0.25) is 0 Å². The Bertz CT molecular complexity index is 801. The van der Waals surface area contributed by atoms with Crippen LogP contribution in [-0.4, -0.2) is 35.5 Å². The Hall–Kier alpha value is -2.55. The van der Waals surface area contributed by atoms with Crippen molar-refractivity contribution in [2.24, 2.45) is 0 Å². The molecule has 9 heteroatoms. The standard InChI is InChI=1S/C13H14N4O4S/c18-12-7-10(3-5-16-6-4-14-9-16)1-2-11(12)17-8-13(19)15-22(17,20)21/h1-2,4,6-7,9,18H,3,5,8H2,(H,15,19). The van der Waals surface area contributed by atoms with Crippen LogP contribution >= 0.6 is 0 Å². The third-order valence-corrected chi connectivity index (χ3v) is 4.74. The molecule has 8 nitrogen and oxygen atoms in total. The number of carbonyl (C=O) groups is 1. The summed E-state index contributed by atoms with van der Waals surface area (Å²) in [7, 11) is -3.91. The summed E-state index contributed by atoms with van der Waals surface area (Å²) in [5.74, 6) is -0.799. The van der Waals surface area contributed by atoms with Gasteiger partial charge in [0.05, 0.1) is 12.0 Å². The predicted molar refractivity (Wildman–Crippen MR) is 78.4 cm³/mol. The van der Waals surface area contributed by atoms with Gasteiger partial charge in [0.15, 0.2) is 0 Å². The topological polar surface area (TPSA) is 105 Å².